The summed E-state index contributed by atoms with van der Waals surface area (Å²) in [5.41, 5.74) is 0.623. The average molecular weight is 388 g/mol. The second-order valence-electron chi connectivity index (χ2n) is 6.86. The van der Waals surface area contributed by atoms with Crippen LogP contribution < -0.4 is 0 Å². The third kappa shape index (κ3) is 3.49. The first-order chi connectivity index (χ1) is 12.8. The third-order valence-corrected chi connectivity index (χ3v) is 5.33. The first kappa shape index (κ1) is 20.2. The Kier molecular flexibility index (Phi) is 5.87. The maximum atomic E-state index is 12.0. The molecule has 1 aliphatic carbocycles. The highest BCUT2D eigenvalue weighted by molar-refractivity contribution is 5.89. The molecule has 3 rings (SSSR count). The van der Waals surface area contributed by atoms with E-state index in [1.165, 1.54) is 13.4 Å². The Bertz CT molecular complexity index is 617. The maximum Gasteiger partial charge on any atom is 0.337 e. The van der Waals surface area contributed by atoms with Crippen LogP contribution in [0.2, 0.25) is 0 Å². The quantitative estimate of drug-likeness (QED) is 0.264. The van der Waals surface area contributed by atoms with Crippen LogP contribution in [0.4, 0.5) is 0 Å². The van der Waals surface area contributed by atoms with Gasteiger partial charge in [-0.2, -0.15) is 0 Å². The Morgan fingerprint density at radius 1 is 1.22 bits per heavy atom. The van der Waals surface area contributed by atoms with Crippen LogP contribution in [0.5, 0.6) is 0 Å². The van der Waals surface area contributed by atoms with Gasteiger partial charge in [0.25, 0.3) is 0 Å². The van der Waals surface area contributed by atoms with E-state index in [-0.39, 0.29) is 12.0 Å². The second kappa shape index (κ2) is 7.84. The normalized spacial score (nSPS) is 44.3. The Hall–Kier alpha value is -1.53. The lowest BCUT2D eigenvalue weighted by Gasteiger charge is -2.42. The standard InChI is InChI=1S/C17H24O10/c1-6-9(19)3-7-8(15(23)24-2)5-25-16(11(6)7)27-17-14(22)13(21)12(20)10(4-18)26-17/h5,7,9-14,16-22H,1,3-4H2,2H3/t7-,9-,10-,11+,12-,13+,14-,16+,17+/m1/s1. The van der Waals surface area contributed by atoms with Crippen molar-refractivity contribution in [2.24, 2.45) is 11.8 Å². The van der Waals surface area contributed by atoms with E-state index in [1.54, 1.807) is 0 Å². The Labute approximate surface area is 155 Å². The molecule has 0 amide bonds. The zero-order chi connectivity index (χ0) is 19.9. The van der Waals surface area contributed by atoms with Crippen molar-refractivity contribution in [2.75, 3.05) is 13.7 Å². The molecule has 0 aromatic rings. The summed E-state index contributed by atoms with van der Waals surface area (Å²) in [7, 11) is 1.23. The number of carbonyl (C=O) groups excluding carboxylic acids is 1. The third-order valence-electron chi connectivity index (χ3n) is 5.33. The fraction of sp³-hybridized carbons (Fsp3) is 0.706. The molecule has 0 aromatic heterocycles. The smallest absolute Gasteiger partial charge is 0.337 e. The molecule has 1 saturated heterocycles. The van der Waals surface area contributed by atoms with Gasteiger partial charge in [0.2, 0.25) is 6.29 Å². The van der Waals surface area contributed by atoms with Gasteiger partial charge in [0, 0.05) is 5.92 Å². The molecule has 9 atom stereocenters. The Balaban J connectivity index is 1.81. The predicted octanol–water partition coefficient (Wildman–Crippen LogP) is -2.23. The molecule has 0 spiro atoms. The molecule has 3 aliphatic rings. The lowest BCUT2D eigenvalue weighted by atomic mass is 9.85. The lowest BCUT2D eigenvalue weighted by Crippen LogP contribution is -2.60. The summed E-state index contributed by atoms with van der Waals surface area (Å²) in [4.78, 5) is 12.0. The molecule has 10 heteroatoms. The topological polar surface area (TPSA) is 155 Å². The van der Waals surface area contributed by atoms with E-state index in [0.717, 1.165) is 0 Å². The van der Waals surface area contributed by atoms with Gasteiger partial charge < -0.3 is 44.5 Å². The molecule has 27 heavy (non-hydrogen) atoms. The molecule has 10 nitrogen and oxygen atoms in total. The van der Waals surface area contributed by atoms with Gasteiger partial charge >= 0.3 is 5.97 Å². The summed E-state index contributed by atoms with van der Waals surface area (Å²) in [5, 5.41) is 49.3. The Morgan fingerprint density at radius 2 is 1.93 bits per heavy atom. The number of carbonyl (C=O) groups is 1. The largest absolute Gasteiger partial charge is 0.471 e. The van der Waals surface area contributed by atoms with Crippen molar-refractivity contribution in [2.45, 2.75) is 49.5 Å². The van der Waals surface area contributed by atoms with Crippen molar-refractivity contribution < 1.29 is 49.3 Å². The van der Waals surface area contributed by atoms with Crippen molar-refractivity contribution >= 4 is 5.97 Å². The Morgan fingerprint density at radius 3 is 2.56 bits per heavy atom. The van der Waals surface area contributed by atoms with Crippen LogP contribution in [-0.4, -0.2) is 88.3 Å². The molecule has 0 bridgehead atoms. The average Bonchev–Trinajstić information content (AvgIpc) is 2.96. The van der Waals surface area contributed by atoms with Gasteiger partial charge in [-0.05, 0) is 12.0 Å². The van der Waals surface area contributed by atoms with Gasteiger partial charge in [-0.25, -0.2) is 4.79 Å². The molecule has 1 saturated carbocycles. The lowest BCUT2D eigenvalue weighted by molar-refractivity contribution is -0.339. The zero-order valence-corrected chi connectivity index (χ0v) is 14.7. The number of aliphatic hydroxyl groups excluding tert-OH is 5. The van der Waals surface area contributed by atoms with E-state index in [2.05, 4.69) is 6.58 Å². The molecule has 2 aliphatic heterocycles. The predicted molar refractivity (Wildman–Crippen MR) is 86.6 cm³/mol. The van der Waals surface area contributed by atoms with Crippen LogP contribution >= 0.6 is 0 Å². The van der Waals surface area contributed by atoms with Crippen molar-refractivity contribution in [3.8, 4) is 0 Å². The highest BCUT2D eigenvalue weighted by Crippen LogP contribution is 2.46. The summed E-state index contributed by atoms with van der Waals surface area (Å²) in [6, 6.07) is 0. The van der Waals surface area contributed by atoms with Crippen LogP contribution in [-0.2, 0) is 23.7 Å². The van der Waals surface area contributed by atoms with Crippen LogP contribution in [0.25, 0.3) is 0 Å². The van der Waals surface area contributed by atoms with Gasteiger partial charge in [0.1, 0.15) is 24.4 Å². The van der Waals surface area contributed by atoms with Crippen LogP contribution in [0.15, 0.2) is 24.0 Å². The number of hydrogen-bond donors (Lipinski definition) is 5. The highest BCUT2D eigenvalue weighted by atomic mass is 16.8. The molecule has 0 unspecified atom stereocenters. The zero-order valence-electron chi connectivity index (χ0n) is 14.7. The van der Waals surface area contributed by atoms with Crippen molar-refractivity contribution in [1.82, 2.24) is 0 Å². The molecular formula is C17H24O10. The van der Waals surface area contributed by atoms with Crippen LogP contribution in [0.3, 0.4) is 0 Å². The van der Waals surface area contributed by atoms with E-state index in [0.29, 0.717) is 5.57 Å². The minimum atomic E-state index is -1.60. The first-order valence-corrected chi connectivity index (χ1v) is 8.56. The fourth-order valence-electron chi connectivity index (χ4n) is 3.76. The number of rotatable bonds is 4. The van der Waals surface area contributed by atoms with E-state index >= 15 is 0 Å². The van der Waals surface area contributed by atoms with Crippen LogP contribution in [0, 0.1) is 11.8 Å². The van der Waals surface area contributed by atoms with E-state index in [9.17, 15) is 30.3 Å². The highest BCUT2D eigenvalue weighted by Gasteiger charge is 2.52. The molecule has 0 aromatic carbocycles. The number of esters is 1. The summed E-state index contributed by atoms with van der Waals surface area (Å²) >= 11 is 0. The van der Waals surface area contributed by atoms with Gasteiger partial charge in [-0.1, -0.05) is 6.58 Å². The van der Waals surface area contributed by atoms with Gasteiger partial charge in [-0.15, -0.1) is 0 Å². The minimum absolute atomic E-state index is 0.225. The van der Waals surface area contributed by atoms with Gasteiger partial charge in [0.15, 0.2) is 6.29 Å². The van der Waals surface area contributed by atoms with E-state index in [1.807, 2.05) is 0 Å². The molecule has 5 N–H and O–H groups in total. The van der Waals surface area contributed by atoms with E-state index in [4.69, 9.17) is 18.9 Å². The fourth-order valence-corrected chi connectivity index (χ4v) is 3.76. The van der Waals surface area contributed by atoms with Gasteiger partial charge in [-0.3, -0.25) is 0 Å². The molecule has 2 heterocycles. The summed E-state index contributed by atoms with van der Waals surface area (Å²) in [6.07, 6.45) is -7.82. The van der Waals surface area contributed by atoms with Crippen molar-refractivity contribution in [3.63, 3.8) is 0 Å². The number of hydrogen-bond acceptors (Lipinski definition) is 10. The SMILES string of the molecule is C=C1[C@@H]2[C@H](O[C@@H]3O[C@H](CO)[C@@H](O)[C@H](O)[C@H]3O)OC=C(C(=O)OC)[C@H]2C[C@H]1O. The van der Waals surface area contributed by atoms with Gasteiger partial charge in [0.05, 0.1) is 37.6 Å². The first-order valence-electron chi connectivity index (χ1n) is 8.56. The minimum Gasteiger partial charge on any atom is -0.471 e. The molecule has 0 radical (unpaired) electrons. The van der Waals surface area contributed by atoms with Crippen molar-refractivity contribution in [1.29, 1.82) is 0 Å². The van der Waals surface area contributed by atoms with Crippen LogP contribution in [0.1, 0.15) is 6.42 Å². The summed E-state index contributed by atoms with van der Waals surface area (Å²) in [5.74, 6) is -1.69. The number of aliphatic hydroxyl groups is 5. The number of methoxy groups -OCH3 is 1. The summed E-state index contributed by atoms with van der Waals surface area (Å²) < 4.78 is 21.2. The molecular weight excluding hydrogens is 364 g/mol. The van der Waals surface area contributed by atoms with Crippen molar-refractivity contribution in [3.05, 3.63) is 24.0 Å². The monoisotopic (exact) mass is 388 g/mol. The van der Waals surface area contributed by atoms with E-state index < -0.39 is 67.5 Å². The maximum absolute atomic E-state index is 12.0. The molecule has 152 valence electrons. The molecule has 2 fully saturated rings. The summed E-state index contributed by atoms with van der Waals surface area (Å²) in [6.45, 7) is 3.24. The number of ether oxygens (including phenoxy) is 4. The second-order valence-corrected chi connectivity index (χ2v) is 6.86. The number of fused-ring (bicyclic) bond motifs is 1.